The highest BCUT2D eigenvalue weighted by Crippen LogP contribution is 2.13. The SMILES string of the molecule is CCCCS(=O)(=O)CCCOc1ccc(N)cc1. The van der Waals surface area contributed by atoms with Crippen LogP contribution in [0.15, 0.2) is 24.3 Å². The summed E-state index contributed by atoms with van der Waals surface area (Å²) in [6.45, 7) is 2.40. The van der Waals surface area contributed by atoms with E-state index in [9.17, 15) is 8.42 Å². The third-order valence-corrected chi connectivity index (χ3v) is 4.38. The van der Waals surface area contributed by atoms with Gasteiger partial charge >= 0.3 is 0 Å². The van der Waals surface area contributed by atoms with Gasteiger partial charge in [-0.3, -0.25) is 0 Å². The second-order valence-corrected chi connectivity index (χ2v) is 6.58. The van der Waals surface area contributed by atoms with Gasteiger partial charge in [0.05, 0.1) is 18.1 Å². The van der Waals surface area contributed by atoms with E-state index in [1.165, 1.54) is 0 Å². The van der Waals surface area contributed by atoms with Crippen LogP contribution < -0.4 is 10.5 Å². The van der Waals surface area contributed by atoms with Gasteiger partial charge in [-0.15, -0.1) is 0 Å². The Morgan fingerprint density at radius 3 is 2.33 bits per heavy atom. The molecule has 0 saturated carbocycles. The van der Waals surface area contributed by atoms with Gasteiger partial charge in [-0.25, -0.2) is 8.42 Å². The van der Waals surface area contributed by atoms with Crippen LogP contribution in [-0.2, 0) is 9.84 Å². The molecule has 18 heavy (non-hydrogen) atoms. The molecule has 0 spiro atoms. The Morgan fingerprint density at radius 2 is 1.72 bits per heavy atom. The number of unbranched alkanes of at least 4 members (excludes halogenated alkanes) is 1. The maximum atomic E-state index is 11.6. The molecule has 0 saturated heterocycles. The average molecular weight is 271 g/mol. The fourth-order valence-electron chi connectivity index (χ4n) is 1.50. The topological polar surface area (TPSA) is 69.4 Å². The van der Waals surface area contributed by atoms with Gasteiger partial charge in [0, 0.05) is 5.69 Å². The first-order valence-corrected chi connectivity index (χ1v) is 8.04. The average Bonchev–Trinajstić information content (AvgIpc) is 2.34. The number of hydrogen-bond acceptors (Lipinski definition) is 4. The van der Waals surface area contributed by atoms with Crippen molar-refractivity contribution in [2.24, 2.45) is 0 Å². The van der Waals surface area contributed by atoms with E-state index in [0.717, 1.165) is 18.6 Å². The first-order chi connectivity index (χ1) is 8.53. The van der Waals surface area contributed by atoms with E-state index in [0.29, 0.717) is 18.7 Å². The summed E-state index contributed by atoms with van der Waals surface area (Å²) in [5.74, 6) is 1.20. The Balaban J connectivity index is 2.24. The van der Waals surface area contributed by atoms with Crippen LogP contribution in [0.5, 0.6) is 5.75 Å². The van der Waals surface area contributed by atoms with Gasteiger partial charge in [0.2, 0.25) is 0 Å². The minimum atomic E-state index is -2.90. The van der Waals surface area contributed by atoms with Gasteiger partial charge < -0.3 is 10.5 Å². The summed E-state index contributed by atoms with van der Waals surface area (Å²) in [5.41, 5.74) is 6.23. The van der Waals surface area contributed by atoms with Crippen molar-refractivity contribution in [1.29, 1.82) is 0 Å². The summed E-state index contributed by atoms with van der Waals surface area (Å²) in [5, 5.41) is 0. The van der Waals surface area contributed by atoms with Crippen molar-refractivity contribution in [1.82, 2.24) is 0 Å². The van der Waals surface area contributed by atoms with E-state index in [-0.39, 0.29) is 11.5 Å². The maximum Gasteiger partial charge on any atom is 0.150 e. The quantitative estimate of drug-likeness (QED) is 0.581. The highest BCUT2D eigenvalue weighted by Gasteiger charge is 2.09. The highest BCUT2D eigenvalue weighted by molar-refractivity contribution is 7.91. The Bertz CT molecular complexity index is 440. The number of benzene rings is 1. The molecular weight excluding hydrogens is 250 g/mol. The van der Waals surface area contributed by atoms with E-state index < -0.39 is 9.84 Å². The first kappa shape index (κ1) is 14.8. The molecule has 1 aromatic carbocycles. The minimum Gasteiger partial charge on any atom is -0.494 e. The summed E-state index contributed by atoms with van der Waals surface area (Å²) < 4.78 is 28.6. The molecule has 0 aromatic heterocycles. The zero-order chi connectivity index (χ0) is 13.4. The number of nitrogen functional groups attached to an aromatic ring is 1. The largest absolute Gasteiger partial charge is 0.494 e. The summed E-state index contributed by atoms with van der Waals surface area (Å²) in [6.07, 6.45) is 2.17. The van der Waals surface area contributed by atoms with E-state index in [1.54, 1.807) is 24.3 Å². The van der Waals surface area contributed by atoms with E-state index in [1.807, 2.05) is 6.92 Å². The number of nitrogens with two attached hydrogens (primary N) is 1. The molecule has 0 aliphatic carbocycles. The lowest BCUT2D eigenvalue weighted by Crippen LogP contribution is -2.13. The molecule has 1 rings (SSSR count). The molecule has 4 nitrogen and oxygen atoms in total. The molecule has 0 aliphatic rings. The Kier molecular flexibility index (Phi) is 5.98. The van der Waals surface area contributed by atoms with Gasteiger partial charge in [-0.1, -0.05) is 13.3 Å². The Hall–Kier alpha value is -1.23. The molecule has 0 atom stereocenters. The third kappa shape index (κ3) is 5.91. The van der Waals surface area contributed by atoms with Crippen molar-refractivity contribution in [3.05, 3.63) is 24.3 Å². The molecular formula is C13H21NO3S. The van der Waals surface area contributed by atoms with Gasteiger partial charge in [-0.2, -0.15) is 0 Å². The molecule has 0 heterocycles. The van der Waals surface area contributed by atoms with Gasteiger partial charge in [0.25, 0.3) is 0 Å². The van der Waals surface area contributed by atoms with Crippen molar-refractivity contribution in [2.45, 2.75) is 26.2 Å². The molecule has 0 unspecified atom stereocenters. The van der Waals surface area contributed by atoms with Crippen LogP contribution >= 0.6 is 0 Å². The monoisotopic (exact) mass is 271 g/mol. The lowest BCUT2D eigenvalue weighted by atomic mass is 10.3. The third-order valence-electron chi connectivity index (χ3n) is 2.56. The van der Waals surface area contributed by atoms with Crippen LogP contribution in [0, 0.1) is 0 Å². The van der Waals surface area contributed by atoms with E-state index >= 15 is 0 Å². The number of hydrogen-bond donors (Lipinski definition) is 1. The van der Waals surface area contributed by atoms with Crippen molar-refractivity contribution in [3.63, 3.8) is 0 Å². The first-order valence-electron chi connectivity index (χ1n) is 6.22. The van der Waals surface area contributed by atoms with Gasteiger partial charge in [-0.05, 0) is 37.1 Å². The van der Waals surface area contributed by atoms with Crippen molar-refractivity contribution in [2.75, 3.05) is 23.8 Å². The van der Waals surface area contributed by atoms with Crippen LogP contribution in [0.3, 0.4) is 0 Å². The molecule has 102 valence electrons. The van der Waals surface area contributed by atoms with Crippen LogP contribution in [-0.4, -0.2) is 26.5 Å². The van der Waals surface area contributed by atoms with E-state index in [4.69, 9.17) is 10.5 Å². The van der Waals surface area contributed by atoms with Crippen molar-refractivity contribution >= 4 is 15.5 Å². The van der Waals surface area contributed by atoms with Gasteiger partial charge in [0.15, 0.2) is 0 Å². The van der Waals surface area contributed by atoms with Crippen LogP contribution in [0.2, 0.25) is 0 Å². The van der Waals surface area contributed by atoms with Crippen LogP contribution in [0.25, 0.3) is 0 Å². The number of ether oxygens (including phenoxy) is 1. The minimum absolute atomic E-state index is 0.196. The predicted molar refractivity (Wildman–Crippen MR) is 74.5 cm³/mol. The molecule has 0 fully saturated rings. The van der Waals surface area contributed by atoms with Crippen LogP contribution in [0.4, 0.5) is 5.69 Å². The maximum absolute atomic E-state index is 11.6. The standard InChI is InChI=1S/C13H21NO3S/c1-2-3-10-18(15,16)11-4-9-17-13-7-5-12(14)6-8-13/h5-8H,2-4,9-11,14H2,1H3. The Morgan fingerprint density at radius 1 is 1.11 bits per heavy atom. The fourth-order valence-corrected chi connectivity index (χ4v) is 2.99. The molecule has 1 aromatic rings. The molecule has 0 radical (unpaired) electrons. The lowest BCUT2D eigenvalue weighted by molar-refractivity contribution is 0.317. The number of rotatable bonds is 8. The Labute approximate surface area is 109 Å². The zero-order valence-corrected chi connectivity index (χ0v) is 11.6. The zero-order valence-electron chi connectivity index (χ0n) is 10.8. The lowest BCUT2D eigenvalue weighted by Gasteiger charge is -2.07. The second-order valence-electron chi connectivity index (χ2n) is 4.28. The predicted octanol–water partition coefficient (Wildman–Crippen LogP) is 2.25. The van der Waals surface area contributed by atoms with E-state index in [2.05, 4.69) is 0 Å². The summed E-state index contributed by atoms with van der Waals surface area (Å²) >= 11 is 0. The summed E-state index contributed by atoms with van der Waals surface area (Å²) in [7, 11) is -2.90. The fraction of sp³-hybridized carbons (Fsp3) is 0.538. The van der Waals surface area contributed by atoms with Crippen molar-refractivity contribution in [3.8, 4) is 5.75 Å². The van der Waals surface area contributed by atoms with Gasteiger partial charge in [0.1, 0.15) is 15.6 Å². The number of anilines is 1. The summed E-state index contributed by atoms with van der Waals surface area (Å²) in [6, 6.07) is 7.07. The molecule has 0 amide bonds. The summed E-state index contributed by atoms with van der Waals surface area (Å²) in [4.78, 5) is 0. The second kappa shape index (κ2) is 7.26. The normalized spacial score (nSPS) is 11.4. The van der Waals surface area contributed by atoms with Crippen molar-refractivity contribution < 1.29 is 13.2 Å². The molecule has 0 aliphatic heterocycles. The highest BCUT2D eigenvalue weighted by atomic mass is 32.2. The van der Waals surface area contributed by atoms with Crippen LogP contribution in [0.1, 0.15) is 26.2 Å². The number of sulfone groups is 1. The molecule has 0 bridgehead atoms. The molecule has 5 heteroatoms. The molecule has 2 N–H and O–H groups in total. The smallest absolute Gasteiger partial charge is 0.150 e.